The molecular weight excluding hydrogens is 382 g/mol. The molecule has 1 amide bonds. The van der Waals surface area contributed by atoms with E-state index >= 15 is 0 Å². The first-order valence-corrected chi connectivity index (χ1v) is 9.84. The number of hydrogen-bond donors (Lipinski definition) is 1. The van der Waals surface area contributed by atoms with Gasteiger partial charge in [-0.3, -0.25) is 4.79 Å². The van der Waals surface area contributed by atoms with Gasteiger partial charge in [0.25, 0.3) is 0 Å². The molecule has 0 aliphatic carbocycles. The van der Waals surface area contributed by atoms with Crippen molar-refractivity contribution < 1.29 is 4.79 Å². The van der Waals surface area contributed by atoms with Gasteiger partial charge in [-0.2, -0.15) is 4.68 Å². The molecule has 3 rings (SSSR count). The van der Waals surface area contributed by atoms with Crippen LogP contribution in [-0.4, -0.2) is 31.9 Å². The zero-order chi connectivity index (χ0) is 19.4. The highest BCUT2D eigenvalue weighted by molar-refractivity contribution is 7.99. The molecule has 0 saturated heterocycles. The van der Waals surface area contributed by atoms with E-state index in [1.807, 2.05) is 25.1 Å². The van der Waals surface area contributed by atoms with Crippen LogP contribution in [0.1, 0.15) is 29.7 Å². The van der Waals surface area contributed by atoms with Crippen LogP contribution in [0.2, 0.25) is 5.02 Å². The minimum absolute atomic E-state index is 0.0682. The molecule has 0 aliphatic rings. The summed E-state index contributed by atoms with van der Waals surface area (Å²) >= 11 is 7.30. The Hall–Kier alpha value is -2.38. The first kappa shape index (κ1) is 19.4. The Morgan fingerprint density at radius 1 is 1.22 bits per heavy atom. The molecule has 1 heterocycles. The lowest BCUT2D eigenvalue weighted by atomic mass is 10.0. The van der Waals surface area contributed by atoms with Gasteiger partial charge in [0.2, 0.25) is 11.1 Å². The summed E-state index contributed by atoms with van der Waals surface area (Å²) in [5.41, 5.74) is 4.28. The van der Waals surface area contributed by atoms with Crippen molar-refractivity contribution in [3.05, 3.63) is 64.2 Å². The van der Waals surface area contributed by atoms with Crippen LogP contribution in [0.3, 0.4) is 0 Å². The molecular formula is C19H20ClN5OS. The summed E-state index contributed by atoms with van der Waals surface area (Å²) in [4.78, 5) is 12.3. The molecule has 1 N–H and O–H groups in total. The molecule has 3 aromatic rings. The quantitative estimate of drug-likeness (QED) is 0.634. The fourth-order valence-corrected chi connectivity index (χ4v) is 3.46. The second-order valence-corrected chi connectivity index (χ2v) is 7.65. The summed E-state index contributed by atoms with van der Waals surface area (Å²) in [6.45, 7) is 6.12. The summed E-state index contributed by atoms with van der Waals surface area (Å²) in [5, 5.41) is 15.8. The first-order chi connectivity index (χ1) is 12.9. The monoisotopic (exact) mass is 401 g/mol. The lowest BCUT2D eigenvalue weighted by molar-refractivity contribution is -0.119. The summed E-state index contributed by atoms with van der Waals surface area (Å²) in [7, 11) is 0. The molecule has 0 aliphatic heterocycles. The largest absolute Gasteiger partial charge is 0.349 e. The molecule has 0 unspecified atom stereocenters. The highest BCUT2D eigenvalue weighted by Crippen LogP contribution is 2.21. The molecule has 0 bridgehead atoms. The maximum absolute atomic E-state index is 12.3. The van der Waals surface area contributed by atoms with Gasteiger partial charge in [0, 0.05) is 5.02 Å². The van der Waals surface area contributed by atoms with E-state index in [1.54, 1.807) is 16.8 Å². The minimum atomic E-state index is -0.0774. The van der Waals surface area contributed by atoms with E-state index in [4.69, 9.17) is 11.6 Å². The SMILES string of the molecule is Cc1ccc([C@@H](C)NC(=O)CSc2nnnn2-c2cccc(Cl)c2)cc1C. The highest BCUT2D eigenvalue weighted by Gasteiger charge is 2.14. The van der Waals surface area contributed by atoms with E-state index in [9.17, 15) is 4.79 Å². The molecule has 8 heteroatoms. The van der Waals surface area contributed by atoms with Crippen molar-refractivity contribution in [3.8, 4) is 5.69 Å². The van der Waals surface area contributed by atoms with Gasteiger partial charge < -0.3 is 5.32 Å². The predicted molar refractivity (Wildman–Crippen MR) is 107 cm³/mol. The number of carbonyl (C=O) groups is 1. The van der Waals surface area contributed by atoms with Crippen LogP contribution in [0.15, 0.2) is 47.6 Å². The van der Waals surface area contributed by atoms with Crippen LogP contribution in [0, 0.1) is 13.8 Å². The van der Waals surface area contributed by atoms with Crippen LogP contribution in [-0.2, 0) is 4.79 Å². The number of halogens is 1. The molecule has 6 nitrogen and oxygen atoms in total. The number of thioether (sulfide) groups is 1. The average molecular weight is 402 g/mol. The number of nitrogens with zero attached hydrogens (tertiary/aromatic N) is 4. The molecule has 1 atom stereocenters. The maximum atomic E-state index is 12.3. The Labute approximate surface area is 167 Å². The standard InChI is InChI=1S/C19H20ClN5OS/c1-12-7-8-15(9-13(12)2)14(3)21-18(26)11-27-19-22-23-24-25(19)17-6-4-5-16(20)10-17/h4-10,14H,11H2,1-3H3,(H,21,26)/t14-/m1/s1. The lowest BCUT2D eigenvalue weighted by Crippen LogP contribution is -2.28. The molecule has 140 valence electrons. The number of carbonyl (C=O) groups excluding carboxylic acids is 1. The van der Waals surface area contributed by atoms with E-state index < -0.39 is 0 Å². The van der Waals surface area contributed by atoms with Crippen LogP contribution >= 0.6 is 23.4 Å². The minimum Gasteiger partial charge on any atom is -0.349 e. The molecule has 1 aromatic heterocycles. The zero-order valence-electron chi connectivity index (χ0n) is 15.3. The number of rotatable bonds is 6. The van der Waals surface area contributed by atoms with E-state index in [2.05, 4.69) is 46.8 Å². The third-order valence-corrected chi connectivity index (χ3v) is 5.39. The molecule has 0 saturated carbocycles. The first-order valence-electron chi connectivity index (χ1n) is 8.47. The van der Waals surface area contributed by atoms with E-state index in [-0.39, 0.29) is 17.7 Å². The van der Waals surface area contributed by atoms with Gasteiger partial charge in [0.15, 0.2) is 0 Å². The maximum Gasteiger partial charge on any atom is 0.230 e. The van der Waals surface area contributed by atoms with Gasteiger partial charge in [0.1, 0.15) is 0 Å². The molecule has 27 heavy (non-hydrogen) atoms. The Morgan fingerprint density at radius 3 is 2.78 bits per heavy atom. The number of benzene rings is 2. The number of hydrogen-bond acceptors (Lipinski definition) is 5. The number of aryl methyl sites for hydroxylation is 2. The van der Waals surface area contributed by atoms with E-state index in [0.717, 1.165) is 11.3 Å². The fraction of sp³-hybridized carbons (Fsp3) is 0.263. The molecule has 0 spiro atoms. The summed E-state index contributed by atoms with van der Waals surface area (Å²) in [5.74, 6) is 0.141. The van der Waals surface area contributed by atoms with Gasteiger partial charge in [-0.25, -0.2) is 0 Å². The van der Waals surface area contributed by atoms with Crippen LogP contribution in [0.25, 0.3) is 5.69 Å². The number of tetrazole rings is 1. The topological polar surface area (TPSA) is 72.7 Å². The fourth-order valence-electron chi connectivity index (χ4n) is 2.57. The number of aromatic nitrogens is 4. The van der Waals surface area contributed by atoms with Crippen molar-refractivity contribution in [1.82, 2.24) is 25.5 Å². The number of amides is 1. The van der Waals surface area contributed by atoms with Crippen molar-refractivity contribution >= 4 is 29.3 Å². The number of nitrogens with one attached hydrogen (secondary N) is 1. The Bertz CT molecular complexity index is 959. The second-order valence-electron chi connectivity index (χ2n) is 6.27. The zero-order valence-corrected chi connectivity index (χ0v) is 16.9. The van der Waals surface area contributed by atoms with Gasteiger partial charge in [0.05, 0.1) is 17.5 Å². The molecule has 2 aromatic carbocycles. The van der Waals surface area contributed by atoms with Crippen LogP contribution < -0.4 is 5.32 Å². The predicted octanol–water partition coefficient (Wildman–Crippen LogP) is 3.90. The third kappa shape index (κ3) is 4.87. The Morgan fingerprint density at radius 2 is 2.04 bits per heavy atom. The van der Waals surface area contributed by atoms with Crippen LogP contribution in [0.5, 0.6) is 0 Å². The van der Waals surface area contributed by atoms with Gasteiger partial charge >= 0.3 is 0 Å². The highest BCUT2D eigenvalue weighted by atomic mass is 35.5. The van der Waals surface area contributed by atoms with E-state index in [0.29, 0.717) is 10.2 Å². The van der Waals surface area contributed by atoms with Crippen molar-refractivity contribution in [3.63, 3.8) is 0 Å². The van der Waals surface area contributed by atoms with Gasteiger partial charge in [-0.1, -0.05) is 47.6 Å². The van der Waals surface area contributed by atoms with Crippen molar-refractivity contribution in [1.29, 1.82) is 0 Å². The third-order valence-electron chi connectivity index (χ3n) is 4.23. The Balaban J connectivity index is 1.61. The smallest absolute Gasteiger partial charge is 0.230 e. The second kappa shape index (κ2) is 8.54. The summed E-state index contributed by atoms with van der Waals surface area (Å²) in [6.07, 6.45) is 0. The molecule has 0 radical (unpaired) electrons. The van der Waals surface area contributed by atoms with Crippen molar-refractivity contribution in [2.75, 3.05) is 5.75 Å². The van der Waals surface area contributed by atoms with E-state index in [1.165, 1.54) is 22.9 Å². The van der Waals surface area contributed by atoms with Crippen molar-refractivity contribution in [2.24, 2.45) is 0 Å². The van der Waals surface area contributed by atoms with Gasteiger partial charge in [-0.15, -0.1) is 5.10 Å². The Kier molecular flexibility index (Phi) is 6.13. The summed E-state index contributed by atoms with van der Waals surface area (Å²) < 4.78 is 1.57. The van der Waals surface area contributed by atoms with Crippen molar-refractivity contribution in [2.45, 2.75) is 32.0 Å². The molecule has 0 fully saturated rings. The normalized spacial score (nSPS) is 12.0. The average Bonchev–Trinajstić information content (AvgIpc) is 3.11. The summed E-state index contributed by atoms with van der Waals surface area (Å²) in [6, 6.07) is 13.4. The van der Waals surface area contributed by atoms with Crippen LogP contribution in [0.4, 0.5) is 0 Å². The lowest BCUT2D eigenvalue weighted by Gasteiger charge is -2.15. The van der Waals surface area contributed by atoms with Gasteiger partial charge in [-0.05, 0) is 66.1 Å².